The number of carbonyl (C=O) groups excluding carboxylic acids is 1. The van der Waals surface area contributed by atoms with E-state index < -0.39 is 0 Å². The third kappa shape index (κ3) is 3.49. The molecule has 106 valence electrons. The molecule has 0 spiro atoms. The van der Waals surface area contributed by atoms with Crippen LogP contribution in [-0.4, -0.2) is 36.2 Å². The standard InChI is InChI=1S/C15H19N3O2/c1-12-9-17-10-14(7-8-16)18(12)15(19)20-11-13-5-3-2-4-6-13/h2-6,12,14,17H,7,9-11H2,1H3/t12-,14+/m1/s1. The molecule has 0 saturated carbocycles. The van der Waals surface area contributed by atoms with Gasteiger partial charge in [-0.1, -0.05) is 30.3 Å². The number of piperazine rings is 1. The van der Waals surface area contributed by atoms with Crippen LogP contribution in [0.4, 0.5) is 4.79 Å². The van der Waals surface area contributed by atoms with E-state index >= 15 is 0 Å². The van der Waals surface area contributed by atoms with Crippen LogP contribution in [0, 0.1) is 11.3 Å². The molecule has 2 atom stereocenters. The Morgan fingerprint density at radius 3 is 2.90 bits per heavy atom. The molecule has 1 aromatic rings. The molecule has 0 aromatic heterocycles. The maximum absolute atomic E-state index is 12.2. The van der Waals surface area contributed by atoms with Gasteiger partial charge in [-0.15, -0.1) is 0 Å². The molecule has 1 aliphatic heterocycles. The summed E-state index contributed by atoms with van der Waals surface area (Å²) in [4.78, 5) is 13.9. The van der Waals surface area contributed by atoms with Crippen LogP contribution in [0.5, 0.6) is 0 Å². The molecule has 20 heavy (non-hydrogen) atoms. The van der Waals surface area contributed by atoms with Crippen LogP contribution in [0.1, 0.15) is 18.9 Å². The molecule has 1 aromatic carbocycles. The van der Waals surface area contributed by atoms with Crippen molar-refractivity contribution in [1.82, 2.24) is 10.2 Å². The predicted octanol–water partition coefficient (Wildman–Crippen LogP) is 1.90. The Bertz CT molecular complexity index is 484. The number of hydrogen-bond donors (Lipinski definition) is 1. The van der Waals surface area contributed by atoms with Gasteiger partial charge in [-0.2, -0.15) is 5.26 Å². The predicted molar refractivity (Wildman–Crippen MR) is 74.8 cm³/mol. The highest BCUT2D eigenvalue weighted by molar-refractivity contribution is 5.68. The van der Waals surface area contributed by atoms with E-state index in [2.05, 4.69) is 11.4 Å². The largest absolute Gasteiger partial charge is 0.445 e. The zero-order valence-electron chi connectivity index (χ0n) is 11.6. The third-order valence-corrected chi connectivity index (χ3v) is 3.43. The Morgan fingerprint density at radius 2 is 2.20 bits per heavy atom. The topological polar surface area (TPSA) is 65.4 Å². The maximum atomic E-state index is 12.2. The van der Waals surface area contributed by atoms with Gasteiger partial charge in [0.15, 0.2) is 0 Å². The van der Waals surface area contributed by atoms with E-state index in [1.807, 2.05) is 37.3 Å². The van der Waals surface area contributed by atoms with Gasteiger partial charge in [0, 0.05) is 19.1 Å². The highest BCUT2D eigenvalue weighted by Crippen LogP contribution is 2.15. The second-order valence-corrected chi connectivity index (χ2v) is 4.97. The normalized spacial score (nSPS) is 22.1. The second-order valence-electron chi connectivity index (χ2n) is 4.97. The molecule has 1 heterocycles. The van der Waals surface area contributed by atoms with E-state index in [1.165, 1.54) is 0 Å². The Kier molecular flexibility index (Phi) is 4.97. The summed E-state index contributed by atoms with van der Waals surface area (Å²) in [6.45, 7) is 3.58. The first-order valence-electron chi connectivity index (χ1n) is 6.79. The van der Waals surface area contributed by atoms with Crippen LogP contribution in [0.2, 0.25) is 0 Å². The van der Waals surface area contributed by atoms with Crippen LogP contribution in [-0.2, 0) is 11.3 Å². The second kappa shape index (κ2) is 6.92. The molecule has 1 N–H and O–H groups in total. The van der Waals surface area contributed by atoms with Crippen molar-refractivity contribution in [2.24, 2.45) is 0 Å². The summed E-state index contributed by atoms with van der Waals surface area (Å²) in [6, 6.07) is 11.6. The summed E-state index contributed by atoms with van der Waals surface area (Å²) in [5, 5.41) is 12.1. The van der Waals surface area contributed by atoms with Crippen LogP contribution in [0.3, 0.4) is 0 Å². The molecule has 2 rings (SSSR count). The van der Waals surface area contributed by atoms with Crippen molar-refractivity contribution < 1.29 is 9.53 Å². The number of hydrogen-bond acceptors (Lipinski definition) is 4. The summed E-state index contributed by atoms with van der Waals surface area (Å²) in [5.41, 5.74) is 0.959. The average molecular weight is 273 g/mol. The van der Waals surface area contributed by atoms with Crippen molar-refractivity contribution in [2.75, 3.05) is 13.1 Å². The SMILES string of the molecule is C[C@@H]1CNC[C@H](CC#N)N1C(=O)OCc1ccccc1. The van der Waals surface area contributed by atoms with Crippen molar-refractivity contribution in [3.05, 3.63) is 35.9 Å². The minimum atomic E-state index is -0.344. The van der Waals surface area contributed by atoms with Gasteiger partial charge in [0.05, 0.1) is 18.5 Å². The molecule has 1 saturated heterocycles. The average Bonchev–Trinajstić information content (AvgIpc) is 2.46. The summed E-state index contributed by atoms with van der Waals surface area (Å²) in [6.07, 6.45) is -0.0271. The van der Waals surface area contributed by atoms with E-state index in [0.717, 1.165) is 12.1 Å². The lowest BCUT2D eigenvalue weighted by Gasteiger charge is -2.39. The van der Waals surface area contributed by atoms with Crippen molar-refractivity contribution >= 4 is 6.09 Å². The summed E-state index contributed by atoms with van der Waals surface area (Å²) in [5.74, 6) is 0. The number of rotatable bonds is 3. The molecular weight excluding hydrogens is 254 g/mol. The lowest BCUT2D eigenvalue weighted by molar-refractivity contribution is 0.0531. The van der Waals surface area contributed by atoms with Gasteiger partial charge in [-0.3, -0.25) is 4.90 Å². The number of nitrogens with one attached hydrogen (secondary N) is 1. The summed E-state index contributed by atoms with van der Waals surface area (Å²) in [7, 11) is 0. The highest BCUT2D eigenvalue weighted by atomic mass is 16.6. The monoisotopic (exact) mass is 273 g/mol. The molecule has 1 aliphatic rings. The lowest BCUT2D eigenvalue weighted by Crippen LogP contribution is -2.58. The van der Waals surface area contributed by atoms with Crippen LogP contribution >= 0.6 is 0 Å². The quantitative estimate of drug-likeness (QED) is 0.913. The summed E-state index contributed by atoms with van der Waals surface area (Å²) < 4.78 is 5.36. The zero-order valence-corrected chi connectivity index (χ0v) is 11.6. The Balaban J connectivity index is 1.96. The van der Waals surface area contributed by atoms with Gasteiger partial charge in [-0.25, -0.2) is 4.79 Å². The van der Waals surface area contributed by atoms with Gasteiger partial charge in [0.2, 0.25) is 0 Å². The van der Waals surface area contributed by atoms with Crippen molar-refractivity contribution in [1.29, 1.82) is 5.26 Å². The number of carbonyl (C=O) groups is 1. The Labute approximate surface area is 119 Å². The fraction of sp³-hybridized carbons (Fsp3) is 0.467. The van der Waals surface area contributed by atoms with Crippen LogP contribution in [0.15, 0.2) is 30.3 Å². The smallest absolute Gasteiger partial charge is 0.410 e. The number of nitriles is 1. The molecule has 0 aliphatic carbocycles. The van der Waals surface area contributed by atoms with E-state index in [4.69, 9.17) is 10.00 Å². The summed E-state index contributed by atoms with van der Waals surface area (Å²) >= 11 is 0. The van der Waals surface area contributed by atoms with Crippen molar-refractivity contribution in [3.8, 4) is 6.07 Å². The van der Waals surface area contributed by atoms with Crippen LogP contribution < -0.4 is 5.32 Å². The van der Waals surface area contributed by atoms with Gasteiger partial charge in [-0.05, 0) is 12.5 Å². The Morgan fingerprint density at radius 1 is 1.45 bits per heavy atom. The molecule has 1 amide bonds. The van der Waals surface area contributed by atoms with E-state index in [-0.39, 0.29) is 24.8 Å². The third-order valence-electron chi connectivity index (χ3n) is 3.43. The molecule has 1 fully saturated rings. The zero-order chi connectivity index (χ0) is 14.4. The molecule has 0 unspecified atom stereocenters. The number of amides is 1. The highest BCUT2D eigenvalue weighted by Gasteiger charge is 2.32. The molecule has 0 radical (unpaired) electrons. The number of benzene rings is 1. The van der Waals surface area contributed by atoms with Gasteiger partial charge in [0.1, 0.15) is 6.61 Å². The fourth-order valence-electron chi connectivity index (χ4n) is 2.41. The number of ether oxygens (including phenoxy) is 1. The minimum Gasteiger partial charge on any atom is -0.445 e. The Hall–Kier alpha value is -2.06. The first-order chi connectivity index (χ1) is 9.72. The van der Waals surface area contributed by atoms with Crippen LogP contribution in [0.25, 0.3) is 0 Å². The molecular formula is C15H19N3O2. The lowest BCUT2D eigenvalue weighted by atomic mass is 10.1. The first-order valence-corrected chi connectivity index (χ1v) is 6.79. The number of nitrogens with zero attached hydrogens (tertiary/aromatic N) is 2. The molecule has 5 heteroatoms. The van der Waals surface area contributed by atoms with Gasteiger partial charge >= 0.3 is 6.09 Å². The molecule has 5 nitrogen and oxygen atoms in total. The van der Waals surface area contributed by atoms with E-state index in [1.54, 1.807) is 4.90 Å². The van der Waals surface area contributed by atoms with Crippen molar-refractivity contribution in [2.45, 2.75) is 32.0 Å². The van der Waals surface area contributed by atoms with E-state index in [9.17, 15) is 4.79 Å². The van der Waals surface area contributed by atoms with Gasteiger partial charge in [0.25, 0.3) is 0 Å². The first kappa shape index (κ1) is 14.4. The van der Waals surface area contributed by atoms with Gasteiger partial charge < -0.3 is 10.1 Å². The van der Waals surface area contributed by atoms with E-state index in [0.29, 0.717) is 13.0 Å². The maximum Gasteiger partial charge on any atom is 0.410 e. The minimum absolute atomic E-state index is 0.0328. The molecule has 0 bridgehead atoms. The van der Waals surface area contributed by atoms with Crippen molar-refractivity contribution in [3.63, 3.8) is 0 Å². The fourth-order valence-corrected chi connectivity index (χ4v) is 2.41.